The fourth-order valence-electron chi connectivity index (χ4n) is 2.16. The molecular formula is C11H14O8. The molecule has 0 heterocycles. The summed E-state index contributed by atoms with van der Waals surface area (Å²) in [4.78, 5) is 44.1. The Bertz CT molecular complexity index is 377. The summed E-state index contributed by atoms with van der Waals surface area (Å²) < 4.78 is 9.64. The lowest BCUT2D eigenvalue weighted by Crippen LogP contribution is -2.40. The van der Waals surface area contributed by atoms with Gasteiger partial charge in [0.2, 0.25) is 0 Å². The van der Waals surface area contributed by atoms with E-state index in [4.69, 9.17) is 19.7 Å². The molecule has 0 aromatic rings. The lowest BCUT2D eigenvalue weighted by Gasteiger charge is -2.23. The standard InChI is InChI=1S/C11H14O8/c1-4(12)18-8-6(10(14)15)3-7(11(16)17)9(8)19-5(2)13/h6-9H,3H2,1-2H3,(H,14,15)(H,16,17)/t6-,7+,8+,9-. The summed E-state index contributed by atoms with van der Waals surface area (Å²) in [6, 6.07) is 0. The maximum Gasteiger partial charge on any atom is 0.310 e. The monoisotopic (exact) mass is 274 g/mol. The predicted molar refractivity (Wildman–Crippen MR) is 58.0 cm³/mol. The van der Waals surface area contributed by atoms with Gasteiger partial charge in [0.15, 0.2) is 12.2 Å². The highest BCUT2D eigenvalue weighted by Crippen LogP contribution is 2.36. The molecule has 1 rings (SSSR count). The molecule has 0 aliphatic heterocycles. The summed E-state index contributed by atoms with van der Waals surface area (Å²) >= 11 is 0. The van der Waals surface area contributed by atoms with Gasteiger partial charge in [0.05, 0.1) is 11.8 Å². The molecule has 8 heteroatoms. The van der Waals surface area contributed by atoms with Crippen molar-refractivity contribution in [2.45, 2.75) is 32.5 Å². The van der Waals surface area contributed by atoms with Crippen LogP contribution in [-0.4, -0.2) is 46.3 Å². The van der Waals surface area contributed by atoms with Crippen LogP contribution in [0.4, 0.5) is 0 Å². The van der Waals surface area contributed by atoms with E-state index in [9.17, 15) is 19.2 Å². The van der Waals surface area contributed by atoms with Crippen molar-refractivity contribution in [3.05, 3.63) is 0 Å². The highest BCUT2D eigenvalue weighted by molar-refractivity contribution is 5.78. The van der Waals surface area contributed by atoms with Gasteiger partial charge in [-0.3, -0.25) is 19.2 Å². The summed E-state index contributed by atoms with van der Waals surface area (Å²) in [5, 5.41) is 18.0. The fraction of sp³-hybridized carbons (Fsp3) is 0.636. The molecule has 1 aliphatic carbocycles. The third-order valence-electron chi connectivity index (χ3n) is 2.86. The molecule has 4 atom stereocenters. The van der Waals surface area contributed by atoms with Gasteiger partial charge in [-0.1, -0.05) is 0 Å². The van der Waals surface area contributed by atoms with E-state index in [-0.39, 0.29) is 6.42 Å². The van der Waals surface area contributed by atoms with Gasteiger partial charge in [-0.25, -0.2) is 0 Å². The van der Waals surface area contributed by atoms with Crippen LogP contribution in [0.3, 0.4) is 0 Å². The summed E-state index contributed by atoms with van der Waals surface area (Å²) in [5.74, 6) is -6.55. The average Bonchev–Trinajstić information content (AvgIpc) is 2.56. The largest absolute Gasteiger partial charge is 0.481 e. The van der Waals surface area contributed by atoms with Crippen LogP contribution in [0.1, 0.15) is 20.3 Å². The van der Waals surface area contributed by atoms with E-state index in [1.54, 1.807) is 0 Å². The van der Waals surface area contributed by atoms with E-state index in [0.717, 1.165) is 13.8 Å². The Balaban J connectivity index is 3.06. The molecule has 19 heavy (non-hydrogen) atoms. The number of rotatable bonds is 4. The van der Waals surface area contributed by atoms with Gasteiger partial charge in [-0.15, -0.1) is 0 Å². The molecule has 2 N–H and O–H groups in total. The van der Waals surface area contributed by atoms with Crippen LogP contribution >= 0.6 is 0 Å². The van der Waals surface area contributed by atoms with Crippen LogP contribution in [0, 0.1) is 11.8 Å². The zero-order valence-corrected chi connectivity index (χ0v) is 10.4. The Morgan fingerprint density at radius 1 is 0.842 bits per heavy atom. The summed E-state index contributed by atoms with van der Waals surface area (Å²) in [6.45, 7) is 2.13. The number of hydrogen-bond acceptors (Lipinski definition) is 6. The molecule has 1 saturated carbocycles. The molecule has 0 amide bonds. The molecule has 1 aliphatic rings. The number of esters is 2. The Hall–Kier alpha value is -2.12. The predicted octanol–water partition coefficient (Wildman–Crippen LogP) is -0.345. The third-order valence-corrected chi connectivity index (χ3v) is 2.86. The number of carbonyl (C=O) groups excluding carboxylic acids is 2. The summed E-state index contributed by atoms with van der Waals surface area (Å²) in [5.41, 5.74) is 0. The number of carboxylic acid groups (broad SMARTS) is 2. The molecular weight excluding hydrogens is 260 g/mol. The van der Waals surface area contributed by atoms with Gasteiger partial charge in [-0.05, 0) is 6.42 Å². The van der Waals surface area contributed by atoms with Crippen LogP contribution in [0.15, 0.2) is 0 Å². The Kier molecular flexibility index (Phi) is 4.47. The Morgan fingerprint density at radius 3 is 1.37 bits per heavy atom. The third kappa shape index (κ3) is 3.43. The Labute approximate surface area is 108 Å². The first-order chi connectivity index (χ1) is 8.73. The topological polar surface area (TPSA) is 127 Å². The number of hydrogen-bond donors (Lipinski definition) is 2. The minimum Gasteiger partial charge on any atom is -0.481 e. The van der Waals surface area contributed by atoms with Gasteiger partial charge in [0.25, 0.3) is 0 Å². The lowest BCUT2D eigenvalue weighted by atomic mass is 10.0. The number of aliphatic carboxylic acids is 2. The van der Waals surface area contributed by atoms with E-state index in [1.165, 1.54) is 0 Å². The quantitative estimate of drug-likeness (QED) is 0.666. The first kappa shape index (κ1) is 14.9. The maximum atomic E-state index is 11.1. The van der Waals surface area contributed by atoms with E-state index >= 15 is 0 Å². The number of ether oxygens (including phenoxy) is 2. The molecule has 106 valence electrons. The van der Waals surface area contributed by atoms with Gasteiger partial charge >= 0.3 is 23.9 Å². The van der Waals surface area contributed by atoms with E-state index in [0.29, 0.717) is 0 Å². The van der Waals surface area contributed by atoms with Crippen LogP contribution in [0.2, 0.25) is 0 Å². The number of carbonyl (C=O) groups is 4. The molecule has 0 bridgehead atoms. The van der Waals surface area contributed by atoms with E-state index < -0.39 is 47.9 Å². The second-order valence-electron chi connectivity index (χ2n) is 4.27. The van der Waals surface area contributed by atoms with Crippen molar-refractivity contribution in [2.24, 2.45) is 11.8 Å². The van der Waals surface area contributed by atoms with Gasteiger partial charge in [0, 0.05) is 13.8 Å². The van der Waals surface area contributed by atoms with Crippen molar-refractivity contribution in [1.82, 2.24) is 0 Å². The molecule has 0 radical (unpaired) electrons. The van der Waals surface area contributed by atoms with Gasteiger partial charge in [-0.2, -0.15) is 0 Å². The minimum absolute atomic E-state index is 0.263. The van der Waals surface area contributed by atoms with Crippen molar-refractivity contribution in [3.63, 3.8) is 0 Å². The zero-order valence-electron chi connectivity index (χ0n) is 10.4. The zero-order chi connectivity index (χ0) is 14.7. The van der Waals surface area contributed by atoms with Crippen molar-refractivity contribution in [3.8, 4) is 0 Å². The average molecular weight is 274 g/mol. The van der Waals surface area contributed by atoms with Crippen molar-refractivity contribution >= 4 is 23.9 Å². The second kappa shape index (κ2) is 5.68. The number of carboxylic acids is 2. The molecule has 8 nitrogen and oxygen atoms in total. The van der Waals surface area contributed by atoms with Crippen LogP contribution in [0.5, 0.6) is 0 Å². The van der Waals surface area contributed by atoms with Crippen molar-refractivity contribution in [2.75, 3.05) is 0 Å². The summed E-state index contributed by atoms with van der Waals surface area (Å²) in [7, 11) is 0. The summed E-state index contributed by atoms with van der Waals surface area (Å²) in [6.07, 6.45) is -2.85. The molecule has 0 spiro atoms. The first-order valence-electron chi connectivity index (χ1n) is 5.54. The lowest BCUT2D eigenvalue weighted by molar-refractivity contribution is -0.173. The second-order valence-corrected chi connectivity index (χ2v) is 4.27. The van der Waals surface area contributed by atoms with Crippen molar-refractivity contribution in [1.29, 1.82) is 0 Å². The maximum absolute atomic E-state index is 11.1. The molecule has 0 aromatic heterocycles. The van der Waals surface area contributed by atoms with Crippen LogP contribution < -0.4 is 0 Å². The van der Waals surface area contributed by atoms with Gasteiger partial charge in [0.1, 0.15) is 0 Å². The highest BCUT2D eigenvalue weighted by Gasteiger charge is 2.53. The SMILES string of the molecule is CC(=O)O[C@@H]1[C@H](OC(C)=O)[C@@H](C(=O)O)C[C@H]1C(=O)O. The van der Waals surface area contributed by atoms with E-state index in [2.05, 4.69) is 0 Å². The van der Waals surface area contributed by atoms with Crippen molar-refractivity contribution < 1.29 is 38.9 Å². The van der Waals surface area contributed by atoms with E-state index in [1.807, 2.05) is 0 Å². The Morgan fingerprint density at radius 2 is 1.16 bits per heavy atom. The molecule has 0 saturated heterocycles. The van der Waals surface area contributed by atoms with Crippen LogP contribution in [-0.2, 0) is 28.7 Å². The fourth-order valence-corrected chi connectivity index (χ4v) is 2.16. The van der Waals surface area contributed by atoms with Crippen LogP contribution in [0.25, 0.3) is 0 Å². The molecule has 0 unspecified atom stereocenters. The highest BCUT2D eigenvalue weighted by atomic mass is 16.6. The first-order valence-corrected chi connectivity index (χ1v) is 5.54. The molecule has 1 fully saturated rings. The van der Waals surface area contributed by atoms with Gasteiger partial charge < -0.3 is 19.7 Å². The molecule has 0 aromatic carbocycles. The smallest absolute Gasteiger partial charge is 0.310 e. The normalized spacial score (nSPS) is 29.6. The minimum atomic E-state index is -1.30.